The van der Waals surface area contributed by atoms with Crippen LogP contribution in [0.3, 0.4) is 0 Å². The molecule has 1 aromatic heterocycles. The summed E-state index contributed by atoms with van der Waals surface area (Å²) in [6, 6.07) is 6.23. The number of aromatic nitrogens is 1. The Morgan fingerprint density at radius 3 is 2.76 bits per heavy atom. The first kappa shape index (κ1) is 21.5. The van der Waals surface area contributed by atoms with E-state index in [0.29, 0.717) is 23.7 Å². The van der Waals surface area contributed by atoms with Crippen LogP contribution in [0.15, 0.2) is 18.2 Å². The van der Waals surface area contributed by atoms with Gasteiger partial charge in [0.1, 0.15) is 9.88 Å². The van der Waals surface area contributed by atoms with Crippen LogP contribution in [0.5, 0.6) is 0 Å². The van der Waals surface area contributed by atoms with Gasteiger partial charge in [0.05, 0.1) is 25.3 Å². The van der Waals surface area contributed by atoms with Gasteiger partial charge in [0.25, 0.3) is 5.91 Å². The van der Waals surface area contributed by atoms with Gasteiger partial charge in [-0.15, -0.1) is 11.3 Å². The topological polar surface area (TPSA) is 68.7 Å². The number of amides is 1. The van der Waals surface area contributed by atoms with Crippen molar-refractivity contribution in [1.82, 2.24) is 9.88 Å². The Morgan fingerprint density at radius 1 is 1.31 bits per heavy atom. The molecule has 2 aromatic rings. The second-order valence-corrected chi connectivity index (χ2v) is 8.46. The largest absolute Gasteiger partial charge is 0.469 e. The lowest BCUT2D eigenvalue weighted by Crippen LogP contribution is -2.38. The Balaban J connectivity index is 1.84. The lowest BCUT2D eigenvalue weighted by atomic mass is 10.1. The first-order chi connectivity index (χ1) is 13.9. The van der Waals surface area contributed by atoms with Crippen molar-refractivity contribution in [2.45, 2.75) is 46.1 Å². The highest BCUT2D eigenvalue weighted by Crippen LogP contribution is 2.31. The highest BCUT2D eigenvalue weighted by atomic mass is 32.1. The molecule has 156 valence electrons. The fourth-order valence-electron chi connectivity index (χ4n) is 3.55. The maximum absolute atomic E-state index is 13.3. The van der Waals surface area contributed by atoms with Crippen molar-refractivity contribution in [3.8, 4) is 10.6 Å². The van der Waals surface area contributed by atoms with Gasteiger partial charge in [-0.3, -0.25) is 9.59 Å². The lowest BCUT2D eigenvalue weighted by molar-refractivity contribution is -0.140. The normalized spacial score (nSPS) is 16.1. The van der Waals surface area contributed by atoms with Crippen molar-refractivity contribution >= 4 is 23.2 Å². The van der Waals surface area contributed by atoms with Crippen LogP contribution in [0, 0.1) is 20.8 Å². The van der Waals surface area contributed by atoms with Gasteiger partial charge in [0.2, 0.25) is 0 Å². The smallest absolute Gasteiger partial charge is 0.307 e. The molecule has 0 aliphatic carbocycles. The summed E-state index contributed by atoms with van der Waals surface area (Å²) < 4.78 is 10.5. The van der Waals surface area contributed by atoms with Crippen molar-refractivity contribution in [3.05, 3.63) is 39.9 Å². The maximum atomic E-state index is 13.3. The Labute approximate surface area is 175 Å². The molecule has 0 saturated carbocycles. The number of methoxy groups -OCH3 is 1. The number of carbonyl (C=O) groups excluding carboxylic acids is 2. The number of benzene rings is 1. The molecule has 0 bridgehead atoms. The minimum Gasteiger partial charge on any atom is -0.469 e. The van der Waals surface area contributed by atoms with E-state index in [0.717, 1.165) is 35.6 Å². The molecular formula is C22H28N2O4S. The van der Waals surface area contributed by atoms with Crippen molar-refractivity contribution < 1.29 is 19.1 Å². The summed E-state index contributed by atoms with van der Waals surface area (Å²) in [7, 11) is 1.36. The Kier molecular flexibility index (Phi) is 7.03. The molecule has 0 N–H and O–H groups in total. The standard InChI is InChI=1S/C22H28N2O4S/c1-14-7-8-18(15(2)12-14)21-23-16(3)20(29-21)22(26)24(10-9-19(25)27-4)13-17-6-5-11-28-17/h7-8,12,17H,5-6,9-11,13H2,1-4H3. The van der Waals surface area contributed by atoms with Gasteiger partial charge in [-0.05, 0) is 39.2 Å². The SMILES string of the molecule is COC(=O)CCN(CC1CCCO1)C(=O)c1sc(-c2ccc(C)cc2C)nc1C. The summed E-state index contributed by atoms with van der Waals surface area (Å²) in [5, 5.41) is 0.841. The van der Waals surface area contributed by atoms with Crippen molar-refractivity contribution in [2.75, 3.05) is 26.8 Å². The molecule has 3 rings (SSSR count). The predicted molar refractivity (Wildman–Crippen MR) is 113 cm³/mol. The van der Waals surface area contributed by atoms with E-state index in [2.05, 4.69) is 37.0 Å². The molecule has 0 radical (unpaired) electrons. The zero-order valence-electron chi connectivity index (χ0n) is 17.5. The molecule has 7 heteroatoms. The second kappa shape index (κ2) is 9.50. The number of hydrogen-bond donors (Lipinski definition) is 0. The third kappa shape index (κ3) is 5.22. The van der Waals surface area contributed by atoms with Gasteiger partial charge in [0.15, 0.2) is 0 Å². The minimum atomic E-state index is -0.327. The summed E-state index contributed by atoms with van der Waals surface area (Å²) in [6.07, 6.45) is 2.11. The monoisotopic (exact) mass is 416 g/mol. The molecule has 29 heavy (non-hydrogen) atoms. The van der Waals surface area contributed by atoms with Crippen molar-refractivity contribution in [2.24, 2.45) is 0 Å². The van der Waals surface area contributed by atoms with Crippen LogP contribution in [0.25, 0.3) is 10.6 Å². The summed E-state index contributed by atoms with van der Waals surface area (Å²) >= 11 is 1.41. The molecule has 1 unspecified atom stereocenters. The highest BCUT2D eigenvalue weighted by Gasteiger charge is 2.27. The average molecular weight is 417 g/mol. The lowest BCUT2D eigenvalue weighted by Gasteiger charge is -2.24. The third-order valence-electron chi connectivity index (χ3n) is 5.15. The molecule has 1 saturated heterocycles. The zero-order chi connectivity index (χ0) is 21.0. The van der Waals surface area contributed by atoms with Crippen LogP contribution < -0.4 is 0 Å². The molecule has 6 nitrogen and oxygen atoms in total. The first-order valence-electron chi connectivity index (χ1n) is 9.91. The van der Waals surface area contributed by atoms with Gasteiger partial charge >= 0.3 is 5.97 Å². The van der Waals surface area contributed by atoms with E-state index < -0.39 is 0 Å². The van der Waals surface area contributed by atoms with E-state index >= 15 is 0 Å². The number of thiazole rings is 1. The van der Waals surface area contributed by atoms with E-state index in [1.807, 2.05) is 6.92 Å². The molecule has 0 spiro atoms. The van der Waals surface area contributed by atoms with Gasteiger partial charge in [-0.1, -0.05) is 23.8 Å². The number of hydrogen-bond acceptors (Lipinski definition) is 6. The third-order valence-corrected chi connectivity index (χ3v) is 6.33. The van der Waals surface area contributed by atoms with Crippen LogP contribution >= 0.6 is 11.3 Å². The van der Waals surface area contributed by atoms with Gasteiger partial charge < -0.3 is 14.4 Å². The van der Waals surface area contributed by atoms with Crippen molar-refractivity contribution in [3.63, 3.8) is 0 Å². The van der Waals surface area contributed by atoms with E-state index in [-0.39, 0.29) is 24.4 Å². The Morgan fingerprint density at radius 2 is 2.10 bits per heavy atom. The van der Waals surface area contributed by atoms with Gasteiger partial charge in [-0.2, -0.15) is 0 Å². The summed E-state index contributed by atoms with van der Waals surface area (Å²) in [5.41, 5.74) is 4.09. The molecule has 1 aliphatic rings. The number of carbonyl (C=O) groups is 2. The molecule has 2 heterocycles. The quantitative estimate of drug-likeness (QED) is 0.640. The first-order valence-corrected chi connectivity index (χ1v) is 10.7. The predicted octanol–water partition coefficient (Wildman–Crippen LogP) is 3.92. The molecule has 1 amide bonds. The fourth-order valence-corrected chi connectivity index (χ4v) is 4.67. The molecular weight excluding hydrogens is 388 g/mol. The van der Waals surface area contributed by atoms with E-state index in [4.69, 9.17) is 9.47 Å². The Bertz CT molecular complexity index is 887. The van der Waals surface area contributed by atoms with Gasteiger partial charge in [-0.25, -0.2) is 4.98 Å². The van der Waals surface area contributed by atoms with E-state index in [9.17, 15) is 9.59 Å². The summed E-state index contributed by atoms with van der Waals surface area (Å²) in [5.74, 6) is -0.428. The van der Waals surface area contributed by atoms with Crippen LogP contribution in [-0.2, 0) is 14.3 Å². The zero-order valence-corrected chi connectivity index (χ0v) is 18.3. The van der Waals surface area contributed by atoms with Crippen LogP contribution in [0.2, 0.25) is 0 Å². The number of esters is 1. The van der Waals surface area contributed by atoms with Crippen LogP contribution in [0.1, 0.15) is 45.8 Å². The van der Waals surface area contributed by atoms with Gasteiger partial charge in [0, 0.05) is 25.3 Å². The molecule has 1 atom stereocenters. The number of ether oxygens (including phenoxy) is 2. The maximum Gasteiger partial charge on any atom is 0.307 e. The highest BCUT2D eigenvalue weighted by molar-refractivity contribution is 7.17. The molecule has 1 aromatic carbocycles. The summed E-state index contributed by atoms with van der Waals surface area (Å²) in [6.45, 7) is 7.48. The number of nitrogens with zero attached hydrogens (tertiary/aromatic N) is 2. The van der Waals surface area contributed by atoms with Crippen molar-refractivity contribution in [1.29, 1.82) is 0 Å². The Hall–Kier alpha value is -2.25. The fraction of sp³-hybridized carbons (Fsp3) is 0.500. The van der Waals surface area contributed by atoms with Crippen LogP contribution in [0.4, 0.5) is 0 Å². The van der Waals surface area contributed by atoms with E-state index in [1.165, 1.54) is 24.0 Å². The second-order valence-electron chi connectivity index (χ2n) is 7.46. The number of aryl methyl sites for hydroxylation is 3. The minimum absolute atomic E-state index is 0.0173. The average Bonchev–Trinajstić information content (AvgIpc) is 3.33. The van der Waals surface area contributed by atoms with Crippen LogP contribution in [-0.4, -0.2) is 54.7 Å². The summed E-state index contributed by atoms with van der Waals surface area (Å²) in [4.78, 5) is 31.9. The van der Waals surface area contributed by atoms with E-state index in [1.54, 1.807) is 4.90 Å². The molecule has 1 aliphatic heterocycles. The number of rotatable bonds is 7. The molecule has 1 fully saturated rings.